The van der Waals surface area contributed by atoms with E-state index in [1.165, 1.54) is 12.8 Å². The van der Waals surface area contributed by atoms with Crippen molar-refractivity contribution in [2.24, 2.45) is 11.8 Å². The van der Waals surface area contributed by atoms with Crippen LogP contribution in [0.4, 0.5) is 0 Å². The molecule has 1 spiro atoms. The first-order valence-electron chi connectivity index (χ1n) is 7.17. The fourth-order valence-corrected chi connectivity index (χ4v) is 7.82. The van der Waals surface area contributed by atoms with Crippen LogP contribution in [0.3, 0.4) is 0 Å². The molecule has 2 saturated carbocycles. The van der Waals surface area contributed by atoms with Gasteiger partial charge in [0.1, 0.15) is 0 Å². The molecule has 18 heavy (non-hydrogen) atoms. The van der Waals surface area contributed by atoms with E-state index >= 15 is 0 Å². The third-order valence-electron chi connectivity index (χ3n) is 5.85. The monoisotopic (exact) mass is 271 g/mol. The molecule has 0 radical (unpaired) electrons. The van der Waals surface area contributed by atoms with Crippen LogP contribution in [0.15, 0.2) is 0 Å². The lowest BCUT2D eigenvalue weighted by Gasteiger charge is -2.56. The lowest BCUT2D eigenvalue weighted by molar-refractivity contribution is -0.000713. The van der Waals surface area contributed by atoms with Crippen LogP contribution in [0, 0.1) is 11.8 Å². The number of nitrogens with zero attached hydrogens (tertiary/aromatic N) is 1. The van der Waals surface area contributed by atoms with Gasteiger partial charge in [0.2, 0.25) is 0 Å². The molecule has 2 saturated heterocycles. The molecule has 0 N–H and O–H groups in total. The minimum absolute atomic E-state index is 0.293. The number of hydrogen-bond donors (Lipinski definition) is 0. The van der Waals surface area contributed by atoms with Crippen molar-refractivity contribution in [1.82, 2.24) is 4.90 Å². The number of morpholine rings is 1. The van der Waals surface area contributed by atoms with Crippen molar-refractivity contribution >= 4 is 9.84 Å². The highest BCUT2D eigenvalue weighted by Crippen LogP contribution is 2.61. The minimum Gasteiger partial charge on any atom is -0.379 e. The average Bonchev–Trinajstić information content (AvgIpc) is 2.99. The van der Waals surface area contributed by atoms with E-state index in [1.54, 1.807) is 0 Å². The second-order valence-electron chi connectivity index (χ2n) is 6.48. The van der Waals surface area contributed by atoms with Crippen molar-refractivity contribution in [2.75, 3.05) is 32.1 Å². The SMILES string of the molecule is O=S1(=O)C[C@@H](N2CCOCC2)[C@@]12C[C@H]1CC[C@H]2C1. The van der Waals surface area contributed by atoms with E-state index in [1.807, 2.05) is 0 Å². The predicted molar refractivity (Wildman–Crippen MR) is 68.1 cm³/mol. The quantitative estimate of drug-likeness (QED) is 0.703. The summed E-state index contributed by atoms with van der Waals surface area (Å²) in [6.45, 7) is 3.36. The van der Waals surface area contributed by atoms with Gasteiger partial charge in [-0.15, -0.1) is 0 Å². The number of sulfone groups is 1. The van der Waals surface area contributed by atoms with Gasteiger partial charge in [-0.2, -0.15) is 0 Å². The first kappa shape index (κ1) is 11.7. The molecule has 2 heterocycles. The maximum absolute atomic E-state index is 12.4. The van der Waals surface area contributed by atoms with Gasteiger partial charge in [-0.1, -0.05) is 6.42 Å². The van der Waals surface area contributed by atoms with Crippen LogP contribution in [0.25, 0.3) is 0 Å². The minimum atomic E-state index is -2.83. The molecule has 4 atom stereocenters. The summed E-state index contributed by atoms with van der Waals surface area (Å²) in [7, 11) is -2.83. The Kier molecular flexibility index (Phi) is 2.40. The summed E-state index contributed by atoms with van der Waals surface area (Å²) in [5, 5.41) is 0. The third-order valence-corrected chi connectivity index (χ3v) is 8.53. The van der Waals surface area contributed by atoms with Gasteiger partial charge in [-0.3, -0.25) is 4.90 Å². The summed E-state index contributed by atoms with van der Waals surface area (Å²) >= 11 is 0. The Hall–Kier alpha value is -0.130. The van der Waals surface area contributed by atoms with Crippen LogP contribution in [0.5, 0.6) is 0 Å². The molecule has 4 aliphatic rings. The fraction of sp³-hybridized carbons (Fsp3) is 1.00. The normalized spacial score (nSPS) is 50.6. The van der Waals surface area contributed by atoms with Crippen LogP contribution >= 0.6 is 0 Å². The van der Waals surface area contributed by atoms with Gasteiger partial charge in [0.25, 0.3) is 0 Å². The number of ether oxygens (including phenoxy) is 1. The van der Waals surface area contributed by atoms with E-state index in [0.29, 0.717) is 23.6 Å². The molecule has 2 aliphatic carbocycles. The Morgan fingerprint density at radius 2 is 1.94 bits per heavy atom. The Bertz CT molecular complexity index is 457. The van der Waals surface area contributed by atoms with E-state index < -0.39 is 9.84 Å². The first-order chi connectivity index (χ1) is 8.63. The molecule has 0 amide bonds. The van der Waals surface area contributed by atoms with Crippen molar-refractivity contribution in [3.05, 3.63) is 0 Å². The second kappa shape index (κ2) is 3.70. The lowest BCUT2D eigenvalue weighted by Crippen LogP contribution is -2.72. The molecule has 0 unspecified atom stereocenters. The molecule has 0 aromatic rings. The summed E-state index contributed by atoms with van der Waals surface area (Å²) in [4.78, 5) is 2.39. The van der Waals surface area contributed by atoms with Gasteiger partial charge >= 0.3 is 0 Å². The van der Waals surface area contributed by atoms with Crippen LogP contribution in [0.1, 0.15) is 25.7 Å². The predicted octanol–water partition coefficient (Wildman–Crippen LogP) is 0.674. The summed E-state index contributed by atoms with van der Waals surface area (Å²) in [6, 6.07) is 0.293. The van der Waals surface area contributed by atoms with Crippen LogP contribution < -0.4 is 0 Å². The average molecular weight is 271 g/mol. The van der Waals surface area contributed by atoms with E-state index in [2.05, 4.69) is 4.90 Å². The van der Waals surface area contributed by atoms with Crippen molar-refractivity contribution in [1.29, 1.82) is 0 Å². The van der Waals surface area contributed by atoms with Crippen LogP contribution in [-0.2, 0) is 14.6 Å². The maximum atomic E-state index is 12.4. The maximum Gasteiger partial charge on any atom is 0.159 e. The molecule has 4 fully saturated rings. The van der Waals surface area contributed by atoms with E-state index in [4.69, 9.17) is 4.74 Å². The molecule has 0 aromatic heterocycles. The summed E-state index contributed by atoms with van der Waals surface area (Å²) in [6.07, 6.45) is 4.52. The zero-order valence-electron chi connectivity index (χ0n) is 10.7. The Morgan fingerprint density at radius 3 is 2.50 bits per heavy atom. The van der Waals surface area contributed by atoms with E-state index in [0.717, 1.165) is 39.1 Å². The highest BCUT2D eigenvalue weighted by Gasteiger charge is 2.70. The Labute approximate surface area is 109 Å². The summed E-state index contributed by atoms with van der Waals surface area (Å²) in [5.74, 6) is 1.54. The molecular weight excluding hydrogens is 250 g/mol. The third kappa shape index (κ3) is 1.30. The zero-order valence-corrected chi connectivity index (χ0v) is 11.5. The number of fused-ring (bicyclic) bond motifs is 3. The number of hydrogen-bond acceptors (Lipinski definition) is 4. The molecule has 2 aliphatic heterocycles. The first-order valence-corrected chi connectivity index (χ1v) is 8.83. The molecule has 4 rings (SSSR count). The fourth-order valence-electron chi connectivity index (χ4n) is 5.03. The zero-order chi connectivity index (χ0) is 12.4. The smallest absolute Gasteiger partial charge is 0.159 e. The van der Waals surface area contributed by atoms with Gasteiger partial charge in [-0.05, 0) is 31.1 Å². The Morgan fingerprint density at radius 1 is 1.17 bits per heavy atom. The molecular formula is C13H21NO3S. The van der Waals surface area contributed by atoms with Gasteiger partial charge in [0, 0.05) is 19.1 Å². The molecule has 4 nitrogen and oxygen atoms in total. The lowest BCUT2D eigenvalue weighted by atomic mass is 9.81. The molecule has 0 aromatic carbocycles. The van der Waals surface area contributed by atoms with Crippen molar-refractivity contribution in [3.8, 4) is 0 Å². The van der Waals surface area contributed by atoms with Gasteiger partial charge in [0.05, 0.1) is 23.7 Å². The van der Waals surface area contributed by atoms with Crippen molar-refractivity contribution in [3.63, 3.8) is 0 Å². The van der Waals surface area contributed by atoms with Gasteiger partial charge in [0.15, 0.2) is 9.84 Å². The second-order valence-corrected chi connectivity index (χ2v) is 8.80. The number of rotatable bonds is 1. The highest BCUT2D eigenvalue weighted by molar-refractivity contribution is 7.94. The van der Waals surface area contributed by atoms with Crippen LogP contribution in [0.2, 0.25) is 0 Å². The Balaban J connectivity index is 1.65. The van der Waals surface area contributed by atoms with E-state index in [-0.39, 0.29) is 4.75 Å². The van der Waals surface area contributed by atoms with Crippen molar-refractivity contribution < 1.29 is 13.2 Å². The summed E-state index contributed by atoms with van der Waals surface area (Å²) < 4.78 is 29.9. The van der Waals surface area contributed by atoms with Crippen LogP contribution in [-0.4, -0.2) is 56.2 Å². The standard InChI is InChI=1S/C13H21NO3S/c15-18(16)9-12(14-3-5-17-6-4-14)13(18)8-10-1-2-11(13)7-10/h10-12H,1-9H2/t10-,11-,12+,13-/m0/s1. The molecule has 5 heteroatoms. The summed E-state index contributed by atoms with van der Waals surface area (Å²) in [5.41, 5.74) is 0. The molecule has 102 valence electrons. The molecule has 2 bridgehead atoms. The van der Waals surface area contributed by atoms with E-state index in [9.17, 15) is 8.42 Å². The van der Waals surface area contributed by atoms with Gasteiger partial charge < -0.3 is 4.74 Å². The topological polar surface area (TPSA) is 46.6 Å². The largest absolute Gasteiger partial charge is 0.379 e. The highest BCUT2D eigenvalue weighted by atomic mass is 32.2. The van der Waals surface area contributed by atoms with Crippen molar-refractivity contribution in [2.45, 2.75) is 36.5 Å². The van der Waals surface area contributed by atoms with Gasteiger partial charge in [-0.25, -0.2) is 8.42 Å².